The average molecular weight is 487 g/mol. The van der Waals surface area contributed by atoms with E-state index in [2.05, 4.69) is 0 Å². The predicted molar refractivity (Wildman–Crippen MR) is 116 cm³/mol. The molecule has 2 aliphatic carbocycles. The van der Waals surface area contributed by atoms with Crippen molar-refractivity contribution in [1.82, 2.24) is 0 Å². The van der Waals surface area contributed by atoms with Gasteiger partial charge >= 0.3 is 11.9 Å². The highest BCUT2D eigenvalue weighted by atomic mass is 16.7. The normalized spacial score (nSPS) is 53.3. The summed E-state index contributed by atoms with van der Waals surface area (Å²) in [5.74, 6) is -2.09. The van der Waals surface area contributed by atoms with Gasteiger partial charge in [0, 0.05) is 21.8 Å². The molecule has 0 aromatic carbocycles. The highest BCUT2D eigenvalue weighted by Crippen LogP contribution is 2.80. The SMILES string of the molecule is CC1(C)O[C@@H]2CC(=O)OC[C@]23C1C(=O)[C@H](O)[C@]1(C)C3CC[C@@]2(C)[C@H](c3ccoc3)OC(=O)[C@H]3O[C@]321. The molecule has 0 radical (unpaired) electrons. The molecule has 1 aromatic heterocycles. The predicted octanol–water partition coefficient (Wildman–Crippen LogP) is 2.11. The summed E-state index contributed by atoms with van der Waals surface area (Å²) < 4.78 is 29.6. The molecule has 0 amide bonds. The summed E-state index contributed by atoms with van der Waals surface area (Å²) in [4.78, 5) is 39.6. The fourth-order valence-electron chi connectivity index (χ4n) is 9.52. The molecule has 4 aliphatic heterocycles. The third-order valence-electron chi connectivity index (χ3n) is 10.7. The second kappa shape index (κ2) is 6.18. The summed E-state index contributed by atoms with van der Waals surface area (Å²) in [6.07, 6.45) is 1.02. The minimum Gasteiger partial charge on any atom is -0.472 e. The Hall–Kier alpha value is -2.23. The molecule has 4 saturated heterocycles. The van der Waals surface area contributed by atoms with Crippen molar-refractivity contribution >= 4 is 17.7 Å². The van der Waals surface area contributed by atoms with Crippen molar-refractivity contribution in [3.8, 4) is 0 Å². The summed E-state index contributed by atoms with van der Waals surface area (Å²) in [5.41, 5.74) is -3.90. The van der Waals surface area contributed by atoms with Gasteiger partial charge in [-0.15, -0.1) is 0 Å². The summed E-state index contributed by atoms with van der Waals surface area (Å²) in [7, 11) is 0. The smallest absolute Gasteiger partial charge is 0.339 e. The van der Waals surface area contributed by atoms with Crippen LogP contribution in [0.2, 0.25) is 0 Å². The van der Waals surface area contributed by atoms with Gasteiger partial charge in [-0.2, -0.15) is 0 Å². The summed E-state index contributed by atoms with van der Waals surface area (Å²) in [5, 5.41) is 11.8. The lowest BCUT2D eigenvalue weighted by Gasteiger charge is -2.66. The van der Waals surface area contributed by atoms with Gasteiger partial charge in [-0.25, -0.2) is 4.79 Å². The summed E-state index contributed by atoms with van der Waals surface area (Å²) in [6.45, 7) is 7.66. The van der Waals surface area contributed by atoms with Gasteiger partial charge in [0.25, 0.3) is 0 Å². The molecule has 2 unspecified atom stereocenters. The van der Waals surface area contributed by atoms with Gasteiger partial charge < -0.3 is 28.5 Å². The number of Topliss-reactive ketones (excluding diaryl/α,β-unsaturated/α-hetero) is 1. The largest absolute Gasteiger partial charge is 0.472 e. The molecule has 9 heteroatoms. The number of esters is 2. The lowest BCUT2D eigenvalue weighted by molar-refractivity contribution is -0.252. The first kappa shape index (κ1) is 22.0. The van der Waals surface area contributed by atoms with Crippen molar-refractivity contribution < 1.29 is 42.9 Å². The van der Waals surface area contributed by atoms with Gasteiger partial charge in [0.15, 0.2) is 11.9 Å². The highest BCUT2D eigenvalue weighted by Gasteiger charge is 2.90. The zero-order valence-corrected chi connectivity index (χ0v) is 20.2. The van der Waals surface area contributed by atoms with Crippen LogP contribution in [0.4, 0.5) is 0 Å². The van der Waals surface area contributed by atoms with E-state index in [9.17, 15) is 19.5 Å². The summed E-state index contributed by atoms with van der Waals surface area (Å²) >= 11 is 0. The van der Waals surface area contributed by atoms with Crippen molar-refractivity contribution in [2.45, 2.75) is 82.6 Å². The standard InChI is InChI=1S/C26H30O9/c1-22(2)17-16(28)18(29)24(4)13(25(17)11-32-15(27)9-14(25)34-22)5-7-23(3)19(12-6-8-31-10-12)33-21(30)20-26(23,24)35-20/h6,8,10,13-14,17-20,29H,5,7,9,11H2,1-4H3/t13?,14-,17?,18+,19+,20-,23+,24+,25-,26-/m1/s1. The van der Waals surface area contributed by atoms with Crippen LogP contribution in [-0.4, -0.2) is 58.9 Å². The minimum atomic E-state index is -1.37. The number of carbonyl (C=O) groups is 3. The van der Waals surface area contributed by atoms with E-state index in [1.165, 1.54) is 6.26 Å². The Morgan fingerprint density at radius 2 is 1.83 bits per heavy atom. The number of aliphatic hydroxyl groups excluding tert-OH is 1. The van der Waals surface area contributed by atoms with Gasteiger partial charge in [0.1, 0.15) is 24.4 Å². The second-order valence-corrected chi connectivity index (χ2v) is 12.3. The third-order valence-corrected chi connectivity index (χ3v) is 10.7. The van der Waals surface area contributed by atoms with E-state index in [-0.39, 0.29) is 30.7 Å². The van der Waals surface area contributed by atoms with E-state index in [1.807, 2.05) is 27.7 Å². The van der Waals surface area contributed by atoms with Crippen LogP contribution in [-0.2, 0) is 33.3 Å². The van der Waals surface area contributed by atoms with Gasteiger partial charge in [0.05, 0.1) is 36.6 Å². The maximum Gasteiger partial charge on any atom is 0.339 e. The number of rotatable bonds is 1. The van der Waals surface area contributed by atoms with E-state index in [0.29, 0.717) is 12.8 Å². The first-order chi connectivity index (χ1) is 16.4. The lowest BCUT2D eigenvalue weighted by Crippen LogP contribution is -2.76. The molecule has 6 aliphatic rings. The number of fused-ring (bicyclic) bond motifs is 1. The van der Waals surface area contributed by atoms with E-state index in [0.717, 1.165) is 5.56 Å². The Morgan fingerprint density at radius 3 is 2.54 bits per heavy atom. The fraction of sp³-hybridized carbons (Fsp3) is 0.731. The molecule has 35 heavy (non-hydrogen) atoms. The molecule has 2 saturated carbocycles. The Bertz CT molecular complexity index is 1160. The first-order valence-electron chi connectivity index (χ1n) is 12.4. The van der Waals surface area contributed by atoms with Crippen LogP contribution in [0.1, 0.15) is 58.6 Å². The van der Waals surface area contributed by atoms with Crippen molar-refractivity contribution in [2.75, 3.05) is 6.61 Å². The molecule has 5 heterocycles. The van der Waals surface area contributed by atoms with Crippen LogP contribution in [0.25, 0.3) is 0 Å². The maximum atomic E-state index is 14.1. The second-order valence-electron chi connectivity index (χ2n) is 12.3. The number of hydrogen-bond acceptors (Lipinski definition) is 9. The number of aliphatic hydroxyl groups is 1. The lowest BCUT2D eigenvalue weighted by atomic mass is 9.36. The first-order valence-corrected chi connectivity index (χ1v) is 12.4. The molecule has 1 N–H and O–H groups in total. The minimum absolute atomic E-state index is 0.0520. The molecule has 1 aromatic rings. The van der Waals surface area contributed by atoms with Crippen molar-refractivity contribution in [2.24, 2.45) is 28.1 Å². The number of cyclic esters (lactones) is 2. The molecular weight excluding hydrogens is 456 g/mol. The number of ketones is 1. The molecule has 188 valence electrons. The Balaban J connectivity index is 1.43. The van der Waals surface area contributed by atoms with Crippen molar-refractivity contribution in [1.29, 1.82) is 0 Å². The zero-order chi connectivity index (χ0) is 24.8. The van der Waals surface area contributed by atoms with E-state index < -0.39 is 63.8 Å². The number of hydrogen-bond donors (Lipinski definition) is 1. The Kier molecular flexibility index (Phi) is 3.88. The topological polar surface area (TPSA) is 125 Å². The van der Waals surface area contributed by atoms with Crippen LogP contribution in [0, 0.1) is 28.1 Å². The monoisotopic (exact) mass is 486 g/mol. The third kappa shape index (κ3) is 2.14. The maximum absolute atomic E-state index is 14.1. The number of epoxide rings is 1. The van der Waals surface area contributed by atoms with Gasteiger partial charge in [0.2, 0.25) is 0 Å². The fourth-order valence-corrected chi connectivity index (χ4v) is 9.52. The van der Waals surface area contributed by atoms with Crippen LogP contribution in [0.3, 0.4) is 0 Å². The molecule has 7 rings (SSSR count). The van der Waals surface area contributed by atoms with Crippen LogP contribution < -0.4 is 0 Å². The van der Waals surface area contributed by atoms with E-state index in [4.69, 9.17) is 23.4 Å². The molecule has 0 bridgehead atoms. The average Bonchev–Trinajstić information content (AvgIpc) is 3.26. The zero-order valence-electron chi connectivity index (χ0n) is 20.2. The van der Waals surface area contributed by atoms with Crippen molar-refractivity contribution in [3.05, 3.63) is 24.2 Å². The van der Waals surface area contributed by atoms with Gasteiger partial charge in [-0.3, -0.25) is 9.59 Å². The number of ether oxygens (including phenoxy) is 4. The Labute approximate surface area is 202 Å². The highest BCUT2D eigenvalue weighted by molar-refractivity contribution is 5.92. The molecule has 6 fully saturated rings. The number of furan rings is 1. The number of carbonyl (C=O) groups excluding carboxylic acids is 3. The van der Waals surface area contributed by atoms with Gasteiger partial charge in [-0.05, 0) is 38.7 Å². The van der Waals surface area contributed by atoms with Crippen LogP contribution in [0.5, 0.6) is 0 Å². The molecular formula is C26H30O9. The van der Waals surface area contributed by atoms with Crippen LogP contribution >= 0.6 is 0 Å². The summed E-state index contributed by atoms with van der Waals surface area (Å²) in [6, 6.07) is 1.77. The molecule has 9 nitrogen and oxygen atoms in total. The Morgan fingerprint density at radius 1 is 1.06 bits per heavy atom. The van der Waals surface area contributed by atoms with E-state index in [1.54, 1.807) is 12.3 Å². The van der Waals surface area contributed by atoms with Crippen LogP contribution in [0.15, 0.2) is 23.0 Å². The van der Waals surface area contributed by atoms with E-state index >= 15 is 0 Å². The molecule has 10 atom stereocenters. The van der Waals surface area contributed by atoms with Gasteiger partial charge in [-0.1, -0.05) is 13.8 Å². The van der Waals surface area contributed by atoms with Crippen molar-refractivity contribution in [3.63, 3.8) is 0 Å². The molecule has 2 spiro atoms. The quantitative estimate of drug-likeness (QED) is 0.469.